The van der Waals surface area contributed by atoms with E-state index in [1.807, 2.05) is 0 Å². The molecule has 0 fully saturated rings. The molecule has 1 aromatic heterocycles. The predicted molar refractivity (Wildman–Crippen MR) is 111 cm³/mol. The highest BCUT2D eigenvalue weighted by Gasteiger charge is 2.23. The average molecular weight is 424 g/mol. The molecule has 1 atom stereocenters. The molecular weight excluding hydrogens is 404 g/mol. The van der Waals surface area contributed by atoms with Gasteiger partial charge in [0.15, 0.2) is 6.61 Å². The van der Waals surface area contributed by atoms with Gasteiger partial charge in [-0.05, 0) is 30.2 Å². The van der Waals surface area contributed by atoms with Crippen LogP contribution in [0.15, 0.2) is 63.8 Å². The van der Waals surface area contributed by atoms with Crippen LogP contribution < -0.4 is 21.0 Å². The number of hydrogen-bond acceptors (Lipinski definition) is 6. The first kappa shape index (κ1) is 21.6. The highest BCUT2D eigenvalue weighted by Crippen LogP contribution is 2.22. The van der Waals surface area contributed by atoms with Crippen molar-refractivity contribution >= 4 is 28.8 Å². The number of carboxylic acid groups (broad SMARTS) is 1. The van der Waals surface area contributed by atoms with Gasteiger partial charge >= 0.3 is 11.6 Å². The minimum absolute atomic E-state index is 0.308. The Labute approximate surface area is 176 Å². The van der Waals surface area contributed by atoms with Gasteiger partial charge in [-0.1, -0.05) is 30.3 Å². The van der Waals surface area contributed by atoms with Crippen molar-refractivity contribution in [3.63, 3.8) is 0 Å². The maximum Gasteiger partial charge on any atom is 0.336 e. The molecular formula is C22H20N2O7. The summed E-state index contributed by atoms with van der Waals surface area (Å²) in [6, 6.07) is 13.6. The number of rotatable bonds is 8. The number of aryl methyl sites for hydroxylation is 1. The summed E-state index contributed by atoms with van der Waals surface area (Å²) >= 11 is 0. The SMILES string of the molecule is Cc1cc(=O)oc2cc(OCC(=O)N[C@@H](C(=O)NCC(=O)O)c3ccccc3)ccc12. The second-order valence-corrected chi connectivity index (χ2v) is 6.72. The molecule has 0 saturated carbocycles. The number of amides is 2. The van der Waals surface area contributed by atoms with Crippen molar-refractivity contribution in [2.24, 2.45) is 0 Å². The van der Waals surface area contributed by atoms with Crippen LogP contribution in [0.3, 0.4) is 0 Å². The van der Waals surface area contributed by atoms with Gasteiger partial charge in [-0.2, -0.15) is 0 Å². The highest BCUT2D eigenvalue weighted by atomic mass is 16.5. The lowest BCUT2D eigenvalue weighted by Crippen LogP contribution is -2.43. The lowest BCUT2D eigenvalue weighted by molar-refractivity contribution is -0.138. The smallest absolute Gasteiger partial charge is 0.336 e. The minimum atomic E-state index is -1.20. The van der Waals surface area contributed by atoms with Gasteiger partial charge < -0.3 is 24.9 Å². The van der Waals surface area contributed by atoms with Crippen molar-refractivity contribution in [3.05, 3.63) is 76.1 Å². The molecule has 0 aliphatic carbocycles. The average Bonchev–Trinajstić information content (AvgIpc) is 2.74. The number of fused-ring (bicyclic) bond motifs is 1. The van der Waals surface area contributed by atoms with Crippen LogP contribution in [0, 0.1) is 6.92 Å². The number of carbonyl (C=O) groups excluding carboxylic acids is 2. The van der Waals surface area contributed by atoms with Crippen LogP contribution in [0.25, 0.3) is 11.0 Å². The molecule has 160 valence electrons. The van der Waals surface area contributed by atoms with Gasteiger partial charge in [0.1, 0.15) is 23.9 Å². The number of carbonyl (C=O) groups is 3. The van der Waals surface area contributed by atoms with Gasteiger partial charge in [-0.15, -0.1) is 0 Å². The Bertz CT molecular complexity index is 1170. The molecule has 3 aromatic rings. The van der Waals surface area contributed by atoms with E-state index in [-0.39, 0.29) is 0 Å². The van der Waals surface area contributed by atoms with E-state index in [0.717, 1.165) is 10.9 Å². The third-order valence-electron chi connectivity index (χ3n) is 4.41. The Morgan fingerprint density at radius 3 is 2.55 bits per heavy atom. The van der Waals surface area contributed by atoms with E-state index in [4.69, 9.17) is 14.3 Å². The number of ether oxygens (including phenoxy) is 1. The van der Waals surface area contributed by atoms with E-state index in [0.29, 0.717) is 16.9 Å². The maximum absolute atomic E-state index is 12.4. The van der Waals surface area contributed by atoms with E-state index in [9.17, 15) is 19.2 Å². The van der Waals surface area contributed by atoms with Gasteiger partial charge in [0.25, 0.3) is 5.91 Å². The van der Waals surface area contributed by atoms with Crippen LogP contribution in [-0.4, -0.2) is 36.0 Å². The van der Waals surface area contributed by atoms with Crippen LogP contribution >= 0.6 is 0 Å². The van der Waals surface area contributed by atoms with E-state index < -0.39 is 42.6 Å². The van der Waals surface area contributed by atoms with E-state index >= 15 is 0 Å². The molecule has 0 unspecified atom stereocenters. The molecule has 0 radical (unpaired) electrons. The molecule has 1 heterocycles. The summed E-state index contributed by atoms with van der Waals surface area (Å²) in [4.78, 5) is 47.1. The Morgan fingerprint density at radius 1 is 1.10 bits per heavy atom. The topological polar surface area (TPSA) is 135 Å². The van der Waals surface area contributed by atoms with Crippen LogP contribution in [0.5, 0.6) is 5.75 Å². The summed E-state index contributed by atoms with van der Waals surface area (Å²) in [6.45, 7) is 0.805. The van der Waals surface area contributed by atoms with Gasteiger partial charge in [-0.25, -0.2) is 4.79 Å². The minimum Gasteiger partial charge on any atom is -0.484 e. The first-order valence-corrected chi connectivity index (χ1v) is 9.34. The third kappa shape index (κ3) is 5.69. The molecule has 0 aliphatic heterocycles. The Kier molecular flexibility index (Phi) is 6.66. The standard InChI is InChI=1S/C22H20N2O7/c1-13-9-20(28)31-17-10-15(7-8-16(13)17)30-12-18(25)24-21(14-5-3-2-4-6-14)22(29)23-11-19(26)27/h2-10,21H,11-12H2,1H3,(H,23,29)(H,24,25)(H,26,27)/t21-/m1/s1. The van der Waals surface area contributed by atoms with E-state index in [1.54, 1.807) is 49.4 Å². The lowest BCUT2D eigenvalue weighted by atomic mass is 10.1. The molecule has 2 amide bonds. The molecule has 0 saturated heterocycles. The fourth-order valence-electron chi connectivity index (χ4n) is 2.96. The zero-order valence-electron chi connectivity index (χ0n) is 16.6. The van der Waals surface area contributed by atoms with E-state index in [1.165, 1.54) is 12.1 Å². The van der Waals surface area contributed by atoms with Crippen LogP contribution in [-0.2, 0) is 14.4 Å². The van der Waals surface area contributed by atoms with Gasteiger partial charge in [0.05, 0.1) is 0 Å². The molecule has 3 N–H and O–H groups in total. The fourth-order valence-corrected chi connectivity index (χ4v) is 2.96. The van der Waals surface area contributed by atoms with Crippen molar-refractivity contribution in [1.29, 1.82) is 0 Å². The molecule has 0 spiro atoms. The first-order valence-electron chi connectivity index (χ1n) is 9.34. The summed E-state index contributed by atoms with van der Waals surface area (Å²) in [5, 5.41) is 14.3. The number of carboxylic acids is 1. The Morgan fingerprint density at radius 2 is 1.84 bits per heavy atom. The van der Waals surface area contributed by atoms with E-state index in [2.05, 4.69) is 10.6 Å². The molecule has 9 heteroatoms. The zero-order valence-corrected chi connectivity index (χ0v) is 16.6. The summed E-state index contributed by atoms with van der Waals surface area (Å²) in [5.74, 6) is -2.15. The monoisotopic (exact) mass is 424 g/mol. The predicted octanol–water partition coefficient (Wildman–Crippen LogP) is 1.54. The van der Waals surface area contributed by atoms with Crippen LogP contribution in [0.1, 0.15) is 17.2 Å². The Balaban J connectivity index is 1.69. The second kappa shape index (κ2) is 9.57. The Hall–Kier alpha value is -4.14. The van der Waals surface area contributed by atoms with Crippen LogP contribution in [0.4, 0.5) is 0 Å². The molecule has 0 aliphatic rings. The van der Waals surface area contributed by atoms with Gasteiger partial charge in [0.2, 0.25) is 5.91 Å². The van der Waals surface area contributed by atoms with Crippen LogP contribution in [0.2, 0.25) is 0 Å². The van der Waals surface area contributed by atoms with Gasteiger partial charge in [0, 0.05) is 17.5 Å². The summed E-state index contributed by atoms with van der Waals surface area (Å²) < 4.78 is 10.6. The number of aliphatic carboxylic acids is 1. The molecule has 9 nitrogen and oxygen atoms in total. The summed E-state index contributed by atoms with van der Waals surface area (Å²) in [5.41, 5.74) is 1.09. The molecule has 0 bridgehead atoms. The summed E-state index contributed by atoms with van der Waals surface area (Å²) in [7, 11) is 0. The maximum atomic E-state index is 12.4. The zero-order chi connectivity index (χ0) is 22.4. The normalized spacial score (nSPS) is 11.5. The fraction of sp³-hybridized carbons (Fsp3) is 0.182. The van der Waals surface area contributed by atoms with Crippen molar-refractivity contribution in [1.82, 2.24) is 10.6 Å². The number of benzene rings is 2. The molecule has 3 rings (SSSR count). The number of nitrogens with one attached hydrogen (secondary N) is 2. The summed E-state index contributed by atoms with van der Waals surface area (Å²) in [6.07, 6.45) is 0. The quantitative estimate of drug-likeness (QED) is 0.467. The van der Waals surface area contributed by atoms with Crippen molar-refractivity contribution in [3.8, 4) is 5.75 Å². The second-order valence-electron chi connectivity index (χ2n) is 6.72. The van der Waals surface area contributed by atoms with Crippen molar-refractivity contribution < 1.29 is 28.6 Å². The molecule has 2 aromatic carbocycles. The highest BCUT2D eigenvalue weighted by molar-refractivity contribution is 5.90. The third-order valence-corrected chi connectivity index (χ3v) is 4.41. The number of hydrogen-bond donors (Lipinski definition) is 3. The largest absolute Gasteiger partial charge is 0.484 e. The van der Waals surface area contributed by atoms with Crippen molar-refractivity contribution in [2.45, 2.75) is 13.0 Å². The molecule has 31 heavy (non-hydrogen) atoms. The first-order chi connectivity index (χ1) is 14.8. The van der Waals surface area contributed by atoms with Crippen molar-refractivity contribution in [2.75, 3.05) is 13.2 Å². The lowest BCUT2D eigenvalue weighted by Gasteiger charge is -2.18. The van der Waals surface area contributed by atoms with Gasteiger partial charge in [-0.3, -0.25) is 14.4 Å².